The molecule has 0 aromatic heterocycles. The summed E-state index contributed by atoms with van der Waals surface area (Å²) in [7, 11) is 5.21. The van der Waals surface area contributed by atoms with Crippen LogP contribution in [0.4, 0.5) is 0 Å². The molecule has 0 spiro atoms. The number of hydrogen-bond acceptors (Lipinski definition) is 12. The lowest BCUT2D eigenvalue weighted by atomic mass is 9.73. The van der Waals surface area contributed by atoms with Gasteiger partial charge in [0.1, 0.15) is 80.2 Å². The molecule has 2 aliphatic heterocycles. The van der Waals surface area contributed by atoms with Gasteiger partial charge in [0.15, 0.2) is 0 Å². The van der Waals surface area contributed by atoms with Crippen LogP contribution in [0, 0.1) is 18.8 Å². The quantitative estimate of drug-likeness (QED) is 0.0142. The molecule has 0 amide bonds. The monoisotopic (exact) mass is 1930 g/mol. The molecule has 0 bridgehead atoms. The Kier molecular flexibility index (Phi) is 52.0. The third kappa shape index (κ3) is 39.3. The molecule has 7 N–H and O–H groups in total. The van der Waals surface area contributed by atoms with Crippen LogP contribution < -0.4 is 23.7 Å². The Labute approximate surface area is 855 Å². The first kappa shape index (κ1) is 119. The predicted octanol–water partition coefficient (Wildman–Crippen LogP) is 36.5. The molecule has 0 radical (unpaired) electrons. The predicted molar refractivity (Wildman–Crippen MR) is 600 cm³/mol. The first-order valence-electron chi connectivity index (χ1n) is 53.7. The molecular formula is C129H186O12. The van der Waals surface area contributed by atoms with Crippen molar-refractivity contribution in [1.82, 2.24) is 0 Å². The highest BCUT2D eigenvalue weighted by Crippen LogP contribution is 2.53. The molecule has 0 saturated heterocycles. The minimum absolute atomic E-state index is 0.0194. The van der Waals surface area contributed by atoms with Crippen LogP contribution in [-0.4, -0.2) is 62.7 Å². The van der Waals surface area contributed by atoms with E-state index in [0.717, 1.165) is 225 Å². The van der Waals surface area contributed by atoms with Crippen LogP contribution in [-0.2, 0) is 57.0 Å². The van der Waals surface area contributed by atoms with E-state index in [1.807, 2.05) is 43.3 Å². The van der Waals surface area contributed by atoms with Gasteiger partial charge in [-0.25, -0.2) is 0 Å². The number of aryl methyl sites for hydroxylation is 7. The number of methoxy groups -OCH3 is 3. The van der Waals surface area contributed by atoms with Crippen LogP contribution in [0.3, 0.4) is 0 Å². The molecule has 774 valence electrons. The van der Waals surface area contributed by atoms with E-state index in [1.54, 1.807) is 33.5 Å². The van der Waals surface area contributed by atoms with Crippen LogP contribution >= 0.6 is 0 Å². The molecule has 7 aromatic carbocycles. The summed E-state index contributed by atoms with van der Waals surface area (Å²) < 4.78 is 29.7. The Morgan fingerprint density at radius 2 is 0.759 bits per heavy atom. The van der Waals surface area contributed by atoms with Crippen LogP contribution in [0.5, 0.6) is 69.0 Å². The summed E-state index contributed by atoms with van der Waals surface area (Å²) in [4.78, 5) is 0. The molecule has 2 heterocycles. The average molecular weight is 1930 g/mol. The van der Waals surface area contributed by atoms with Crippen molar-refractivity contribution in [3.05, 3.63) is 275 Å². The zero-order valence-corrected chi connectivity index (χ0v) is 92.2. The Morgan fingerprint density at radius 1 is 0.397 bits per heavy atom. The van der Waals surface area contributed by atoms with Crippen molar-refractivity contribution in [2.45, 2.75) is 407 Å². The number of rotatable bonds is 44. The van der Waals surface area contributed by atoms with Crippen molar-refractivity contribution >= 4 is 6.08 Å². The lowest BCUT2D eigenvalue weighted by Crippen LogP contribution is -2.31. The summed E-state index contributed by atoms with van der Waals surface area (Å²) in [5.74, 6) is 7.23. The van der Waals surface area contributed by atoms with E-state index in [0.29, 0.717) is 47.1 Å². The molecular weight excluding hydrogens is 1740 g/mol. The smallest absolute Gasteiger partial charge is 0.132 e. The van der Waals surface area contributed by atoms with Gasteiger partial charge in [-0.2, -0.15) is 0 Å². The van der Waals surface area contributed by atoms with E-state index in [2.05, 4.69) is 256 Å². The number of unbranched alkanes of at least 4 members (excludes halogenated alkanes) is 12. The topological polar surface area (TPSA) is 188 Å². The number of phenols is 7. The third-order valence-electron chi connectivity index (χ3n) is 27.8. The van der Waals surface area contributed by atoms with Crippen molar-refractivity contribution in [1.29, 1.82) is 0 Å². The van der Waals surface area contributed by atoms with E-state index < -0.39 is 0 Å². The minimum atomic E-state index is -0.384. The van der Waals surface area contributed by atoms with Crippen molar-refractivity contribution in [2.75, 3.05) is 21.3 Å². The third-order valence-corrected chi connectivity index (χ3v) is 27.8. The number of benzene rings is 7. The largest absolute Gasteiger partial charge is 0.508 e. The van der Waals surface area contributed by atoms with Gasteiger partial charge in [-0.1, -0.05) is 248 Å². The molecule has 5 atom stereocenters. The van der Waals surface area contributed by atoms with Crippen molar-refractivity contribution < 1.29 is 59.4 Å². The molecule has 12 nitrogen and oxygen atoms in total. The number of phenolic OH excluding ortho intramolecular Hbond substituents is 7. The molecule has 12 heteroatoms. The van der Waals surface area contributed by atoms with Gasteiger partial charge < -0.3 is 59.4 Å². The van der Waals surface area contributed by atoms with E-state index in [-0.39, 0.29) is 52.0 Å². The molecule has 11 rings (SSSR count). The van der Waals surface area contributed by atoms with Crippen molar-refractivity contribution in [3.8, 4) is 80.1 Å². The Hall–Kier alpha value is -10.5. The van der Waals surface area contributed by atoms with Gasteiger partial charge >= 0.3 is 0 Å². The highest BCUT2D eigenvalue weighted by Gasteiger charge is 2.37. The van der Waals surface area contributed by atoms with E-state index in [4.69, 9.17) is 23.7 Å². The summed E-state index contributed by atoms with van der Waals surface area (Å²) in [5, 5.41) is 72.8. The zero-order chi connectivity index (χ0) is 104. The van der Waals surface area contributed by atoms with Crippen LogP contribution in [0.2, 0.25) is 0 Å². The second-order valence-corrected chi connectivity index (χ2v) is 42.1. The second-order valence-electron chi connectivity index (χ2n) is 42.1. The fourth-order valence-electron chi connectivity index (χ4n) is 19.4. The Morgan fingerprint density at radius 3 is 1.18 bits per heavy atom. The van der Waals surface area contributed by atoms with Gasteiger partial charge in [0.2, 0.25) is 0 Å². The van der Waals surface area contributed by atoms with E-state index in [9.17, 15) is 35.7 Å². The summed E-state index contributed by atoms with van der Waals surface area (Å²) in [6, 6.07) is 30.0. The first-order chi connectivity index (χ1) is 67.2. The van der Waals surface area contributed by atoms with Gasteiger partial charge in [0, 0.05) is 39.7 Å². The molecule has 1 unspecified atom stereocenters. The van der Waals surface area contributed by atoms with E-state index >= 15 is 0 Å². The maximum absolute atomic E-state index is 10.6. The summed E-state index contributed by atoms with van der Waals surface area (Å²) in [6.07, 6.45) is 58.7. The first-order valence-corrected chi connectivity index (χ1v) is 53.7. The molecule has 4 aliphatic rings. The summed E-state index contributed by atoms with van der Waals surface area (Å²) in [5.41, 5.74) is 26.3. The Bertz CT molecular complexity index is 5290. The maximum Gasteiger partial charge on any atom is 0.132 e. The second kappa shape index (κ2) is 61.5. The van der Waals surface area contributed by atoms with E-state index in [1.165, 1.54) is 145 Å². The average Bonchev–Trinajstić information content (AvgIpc) is 0.739. The normalized spacial score (nSPS) is 16.4. The van der Waals surface area contributed by atoms with Crippen LogP contribution in [0.25, 0.3) is 17.2 Å². The number of fused-ring (bicyclic) bond motifs is 4. The van der Waals surface area contributed by atoms with Gasteiger partial charge in [0.25, 0.3) is 0 Å². The van der Waals surface area contributed by atoms with Crippen LogP contribution in [0.15, 0.2) is 203 Å². The zero-order valence-electron chi connectivity index (χ0n) is 92.2. The molecule has 2 aliphatic carbocycles. The standard InChI is InChI=1S/C23H34O2.C22H34O2.C21H26O2.2C21H30O2.C21H32O2/c1-7-8-9-10-18-14-21(24-5)23(22(15-18)25-6)20-13-17(4)11-12-19(20)16(2)3;1-6-7-8-12-19-15-21(23)20(22(16-19)24-5)14-13-18(4)11-9-10-17(2)3;1-5-6-7-8-15-12-18(22)20-16-11-14(2)9-10-17(16)21(3,4)23-19(20)13-15;1-5-6-7-10-17-14-19(22)18-11-13-21(4,23-20(18)15-17)12-8-9-16(2)3;1-5-6-7-8-16-12-19(22)21(20(23)13-16)18-11-15(4)9-10-17(18)14(2)3;1-5-6-7-11-18-14-20(22)19(21(23)15-18)13-12-17(4)10-8-9-16(2)3/h13-15,19-20H,2,7-12H2,1,3-6H3;10,13,15-16,23H,6-9,11-12,14H2,1-5H3;9-13,22H,5-8H2,1-4H3;9,11,13-15,22H,5-8,10,12H2,1-4H3;11-13,17-18,22-23H,2,5-10H2,1,3-4H3;9,12,14-15,22-23H,5-8,10-11,13H2,1-4H3/b;18-13+;;;;17-12+/t19-,20+;;;;17-,18+;/m1...1./s1. The van der Waals surface area contributed by atoms with Gasteiger partial charge in [-0.3, -0.25) is 0 Å². The number of ether oxygens (including phenoxy) is 5. The lowest BCUT2D eigenvalue weighted by Gasteiger charge is -2.35. The highest BCUT2D eigenvalue weighted by molar-refractivity contribution is 5.82. The SMILES string of the molecule is C=C(C)[C@H]1CCC(C)=C[C@@H]1c1c(O)cc(CCCCC)cc1O.C=C(C)[C@H]1CCC(C)=C[C@@H]1c1c(OC)cc(CCCCC)cc1OC.CCCCCc1cc(O)c(C/C=C(\C)CCC=C(C)C)c(O)c1.CCCCCc1cc(O)c(C/C=C(\C)CCC=C(C)C)c(OC)c1.CCCCCc1cc(O)c2c(c1)OC(C)(C)c1ccc(C)cc1-2.CCCCCc1cc(O)c2c(c1)OC(C)(CCC=C(C)C)C=C2. The fourth-order valence-corrected chi connectivity index (χ4v) is 19.4. The van der Waals surface area contributed by atoms with Crippen molar-refractivity contribution in [3.63, 3.8) is 0 Å². The van der Waals surface area contributed by atoms with Gasteiger partial charge in [-0.05, 0) is 401 Å². The number of hydrogen-bond donors (Lipinski definition) is 7. The molecule has 0 saturated carbocycles. The maximum atomic E-state index is 10.6. The van der Waals surface area contributed by atoms with Crippen LogP contribution in [0.1, 0.15) is 409 Å². The fraction of sp³-hybridized carbons (Fsp3) is 0.519. The summed E-state index contributed by atoms with van der Waals surface area (Å²) in [6.45, 7) is 55.4. The minimum Gasteiger partial charge on any atom is -0.508 e. The highest BCUT2D eigenvalue weighted by atomic mass is 16.5. The lowest BCUT2D eigenvalue weighted by molar-refractivity contribution is 0.105. The Balaban J connectivity index is 0.000000259. The summed E-state index contributed by atoms with van der Waals surface area (Å²) >= 11 is 0. The number of aromatic hydroxyl groups is 7. The molecule has 7 aromatic rings. The van der Waals surface area contributed by atoms with Gasteiger partial charge in [0.05, 0.1) is 32.5 Å². The van der Waals surface area contributed by atoms with Crippen molar-refractivity contribution in [2.24, 2.45) is 11.8 Å². The number of allylic oxidation sites excluding steroid dienone is 16. The molecule has 0 fully saturated rings. The molecule has 141 heavy (non-hydrogen) atoms. The van der Waals surface area contributed by atoms with Gasteiger partial charge in [-0.15, -0.1) is 0 Å².